The number of carbonyl (C=O) groups excluding carboxylic acids is 4. The highest BCUT2D eigenvalue weighted by atomic mass is 16.2. The van der Waals surface area contributed by atoms with E-state index < -0.39 is 0 Å². The van der Waals surface area contributed by atoms with Gasteiger partial charge in [-0.05, 0) is 149 Å². The Morgan fingerprint density at radius 1 is 0.593 bits per heavy atom. The summed E-state index contributed by atoms with van der Waals surface area (Å²) in [5, 5.41) is 11.4. The van der Waals surface area contributed by atoms with E-state index in [2.05, 4.69) is 112 Å². The highest BCUT2D eigenvalue weighted by Crippen LogP contribution is 2.28. The predicted octanol–water partition coefficient (Wildman–Crippen LogP) is 11.4. The SMILES string of the molecule is C/C=C/C=C\CC/C=C/C(=O)NCC(C)C.CC(C)=CCC/C(C)=C/CNC(=O)C1CC1.CC/C=C\CC/C=C/C(=O)NC1CC1.CC/C=C\CC/C=C/C(=O)NCC. The fraction of sp³-hybridized carbons (Fsp3) is 0.569. The molecule has 0 atom stereocenters. The summed E-state index contributed by atoms with van der Waals surface area (Å²) < 4.78 is 0. The van der Waals surface area contributed by atoms with Gasteiger partial charge in [-0.2, -0.15) is 0 Å². The Kier molecular flexibility index (Phi) is 40.0. The van der Waals surface area contributed by atoms with Crippen LogP contribution in [0.15, 0.2) is 108 Å². The number of carbonyl (C=O) groups is 4. The lowest BCUT2D eigenvalue weighted by Gasteiger charge is -2.03. The summed E-state index contributed by atoms with van der Waals surface area (Å²) >= 11 is 0. The molecule has 2 aliphatic carbocycles. The predicted molar refractivity (Wildman–Crippen MR) is 254 cm³/mol. The molecular formula is C51H84N4O4. The molecule has 0 aromatic rings. The maximum Gasteiger partial charge on any atom is 0.243 e. The maximum absolute atomic E-state index is 11.3. The van der Waals surface area contributed by atoms with Gasteiger partial charge in [-0.15, -0.1) is 0 Å². The molecule has 0 bridgehead atoms. The number of rotatable bonds is 25. The molecule has 0 spiro atoms. The summed E-state index contributed by atoms with van der Waals surface area (Å²) in [5.41, 5.74) is 2.73. The van der Waals surface area contributed by atoms with Crippen molar-refractivity contribution in [1.29, 1.82) is 0 Å². The number of amides is 4. The number of hydrogen-bond donors (Lipinski definition) is 4. The fourth-order valence-corrected chi connectivity index (χ4v) is 4.58. The Morgan fingerprint density at radius 3 is 1.59 bits per heavy atom. The van der Waals surface area contributed by atoms with E-state index in [1.165, 1.54) is 11.1 Å². The Morgan fingerprint density at radius 2 is 1.12 bits per heavy atom. The van der Waals surface area contributed by atoms with Crippen molar-refractivity contribution >= 4 is 23.6 Å². The third kappa shape index (κ3) is 47.8. The molecule has 0 heterocycles. The molecule has 2 saturated carbocycles. The zero-order valence-corrected chi connectivity index (χ0v) is 38.6. The molecular weight excluding hydrogens is 733 g/mol. The van der Waals surface area contributed by atoms with Crippen molar-refractivity contribution in [3.05, 3.63) is 108 Å². The van der Waals surface area contributed by atoms with E-state index in [9.17, 15) is 19.2 Å². The van der Waals surface area contributed by atoms with Crippen molar-refractivity contribution < 1.29 is 19.2 Å². The lowest BCUT2D eigenvalue weighted by atomic mass is 10.1. The van der Waals surface area contributed by atoms with Gasteiger partial charge in [0.2, 0.25) is 23.6 Å². The molecule has 0 aromatic heterocycles. The van der Waals surface area contributed by atoms with Gasteiger partial charge in [0.05, 0.1) is 0 Å². The van der Waals surface area contributed by atoms with Crippen molar-refractivity contribution in [2.75, 3.05) is 19.6 Å². The number of likely N-dealkylation sites (N-methyl/N-ethyl adjacent to an activating group) is 1. The first kappa shape index (κ1) is 56.6. The smallest absolute Gasteiger partial charge is 0.243 e. The molecule has 0 unspecified atom stereocenters. The van der Waals surface area contributed by atoms with Crippen LogP contribution in [0.2, 0.25) is 0 Å². The molecule has 0 saturated heterocycles. The second-order valence-electron chi connectivity index (χ2n) is 15.4. The third-order valence-corrected chi connectivity index (χ3v) is 8.28. The van der Waals surface area contributed by atoms with Crippen LogP contribution in [0.5, 0.6) is 0 Å². The Labute approximate surface area is 361 Å². The van der Waals surface area contributed by atoms with Crippen molar-refractivity contribution in [3.8, 4) is 0 Å². The molecule has 2 aliphatic rings. The molecule has 4 amide bonds. The first-order valence-electron chi connectivity index (χ1n) is 22.4. The van der Waals surface area contributed by atoms with Crippen molar-refractivity contribution in [2.45, 2.75) is 158 Å². The summed E-state index contributed by atoms with van der Waals surface area (Å²) in [6, 6.07) is 0.465. The fourth-order valence-electron chi connectivity index (χ4n) is 4.58. The molecule has 2 fully saturated rings. The van der Waals surface area contributed by atoms with Crippen LogP contribution in [0.3, 0.4) is 0 Å². The van der Waals surface area contributed by atoms with E-state index in [-0.39, 0.29) is 23.6 Å². The summed E-state index contributed by atoms with van der Waals surface area (Å²) in [5.74, 6) is 1.12. The van der Waals surface area contributed by atoms with E-state index in [1.807, 2.05) is 50.3 Å². The standard InChI is InChI=1S/2C14H23NO.C12H19NO.C11H19NO/c1-11(2)5-4-6-12(3)9-10-15-14(16)13-7-8-13;1-4-5-6-7-8-9-10-11-14(16)15-12-13(2)3;1-2-3-4-5-6-7-8-12(14)13-11-9-10-11;1-3-5-6-7-8-9-10-11(13)12-4-2/h5,9,13H,4,6-8,10H2,1-3H3,(H,15,16);4-7,10-11,13H,8-9,12H2,1-3H3,(H,15,16);3-4,7-8,11H,2,5-6,9-10H2,1H3,(H,13,14);5-6,9-10H,3-4,7-8H2,1-2H3,(H,12,13)/b12-9+;5-4+,7-6-,11-10+;4-3-,8-7+;6-5-,10-9+. The first-order valence-corrected chi connectivity index (χ1v) is 22.4. The molecule has 0 aliphatic heterocycles. The topological polar surface area (TPSA) is 116 Å². The van der Waals surface area contributed by atoms with Gasteiger partial charge in [0.25, 0.3) is 0 Å². The van der Waals surface area contributed by atoms with Gasteiger partial charge in [0.1, 0.15) is 0 Å². The van der Waals surface area contributed by atoms with Gasteiger partial charge >= 0.3 is 0 Å². The zero-order chi connectivity index (χ0) is 44.4. The van der Waals surface area contributed by atoms with E-state index in [0.717, 1.165) is 96.4 Å². The second-order valence-corrected chi connectivity index (χ2v) is 15.4. The average molecular weight is 817 g/mol. The van der Waals surface area contributed by atoms with Crippen LogP contribution >= 0.6 is 0 Å². The van der Waals surface area contributed by atoms with E-state index in [4.69, 9.17) is 0 Å². The van der Waals surface area contributed by atoms with Crippen LogP contribution in [0.1, 0.15) is 152 Å². The highest BCUT2D eigenvalue weighted by molar-refractivity contribution is 5.88. The minimum Gasteiger partial charge on any atom is -0.353 e. The highest BCUT2D eigenvalue weighted by Gasteiger charge is 2.28. The van der Waals surface area contributed by atoms with Crippen molar-refractivity contribution in [1.82, 2.24) is 21.3 Å². The maximum atomic E-state index is 11.3. The Balaban J connectivity index is 0. The van der Waals surface area contributed by atoms with Crippen LogP contribution in [0.25, 0.3) is 0 Å². The first-order chi connectivity index (χ1) is 28.4. The summed E-state index contributed by atoms with van der Waals surface area (Å²) in [7, 11) is 0. The number of unbranched alkanes of at least 4 members (excludes halogenated alkanes) is 3. The average Bonchev–Trinajstić information content (AvgIpc) is 4.14. The Hall–Kier alpha value is -4.46. The minimum absolute atomic E-state index is 0.00183. The van der Waals surface area contributed by atoms with Crippen LogP contribution < -0.4 is 21.3 Å². The van der Waals surface area contributed by atoms with Crippen molar-refractivity contribution in [3.63, 3.8) is 0 Å². The molecule has 8 nitrogen and oxygen atoms in total. The molecule has 4 N–H and O–H groups in total. The molecule has 2 rings (SSSR count). The van der Waals surface area contributed by atoms with E-state index >= 15 is 0 Å². The lowest BCUT2D eigenvalue weighted by molar-refractivity contribution is -0.122. The van der Waals surface area contributed by atoms with Crippen LogP contribution in [0, 0.1) is 11.8 Å². The molecule has 59 heavy (non-hydrogen) atoms. The van der Waals surface area contributed by atoms with Crippen LogP contribution in [-0.2, 0) is 19.2 Å². The largest absolute Gasteiger partial charge is 0.353 e. The summed E-state index contributed by atoms with van der Waals surface area (Å²) in [6.07, 6.45) is 46.3. The van der Waals surface area contributed by atoms with Crippen LogP contribution in [0.4, 0.5) is 0 Å². The van der Waals surface area contributed by atoms with Crippen LogP contribution in [-0.4, -0.2) is 49.3 Å². The van der Waals surface area contributed by atoms with Gasteiger partial charge in [-0.1, -0.05) is 118 Å². The van der Waals surface area contributed by atoms with Gasteiger partial charge in [0, 0.05) is 31.6 Å². The quantitative estimate of drug-likeness (QED) is 0.0318. The van der Waals surface area contributed by atoms with Gasteiger partial charge < -0.3 is 21.3 Å². The summed E-state index contributed by atoms with van der Waals surface area (Å²) in [6.45, 7) is 20.8. The van der Waals surface area contributed by atoms with Gasteiger partial charge in [0.15, 0.2) is 0 Å². The normalized spacial score (nSPS) is 14.0. The minimum atomic E-state index is 0.00183. The lowest BCUT2D eigenvalue weighted by Crippen LogP contribution is -2.25. The molecule has 0 aromatic carbocycles. The summed E-state index contributed by atoms with van der Waals surface area (Å²) in [4.78, 5) is 44.7. The Bertz CT molecular complexity index is 1380. The molecule has 332 valence electrons. The third-order valence-electron chi connectivity index (χ3n) is 8.28. The van der Waals surface area contributed by atoms with E-state index in [1.54, 1.807) is 18.2 Å². The monoisotopic (exact) mass is 817 g/mol. The zero-order valence-electron chi connectivity index (χ0n) is 38.6. The van der Waals surface area contributed by atoms with E-state index in [0.29, 0.717) is 31.0 Å². The molecule has 0 radical (unpaired) electrons. The number of hydrogen-bond acceptors (Lipinski definition) is 4. The van der Waals surface area contributed by atoms with Crippen molar-refractivity contribution in [2.24, 2.45) is 11.8 Å². The van der Waals surface area contributed by atoms with Gasteiger partial charge in [-0.3, -0.25) is 19.2 Å². The number of nitrogens with one attached hydrogen (secondary N) is 4. The number of allylic oxidation sites excluding steroid dienone is 14. The molecule has 8 heteroatoms. The van der Waals surface area contributed by atoms with Gasteiger partial charge in [-0.25, -0.2) is 0 Å². The second kappa shape index (κ2) is 41.7.